The molecule has 2 N–H and O–H groups in total. The Labute approximate surface area is 117 Å². The van der Waals surface area contributed by atoms with E-state index in [1.54, 1.807) is 12.4 Å². The smallest absolute Gasteiger partial charge is 0.257 e. The van der Waals surface area contributed by atoms with E-state index in [2.05, 4.69) is 9.97 Å². The summed E-state index contributed by atoms with van der Waals surface area (Å²) in [6.45, 7) is 0.533. The number of nitrogens with zero attached hydrogens (tertiary/aromatic N) is 3. The standard InChI is InChI=1S/C15H16N4O/c16-14-4-2-1-3-11(14)9-19(13-5-6-13)15(20)12-7-17-10-18-8-12/h1-4,7-8,10,13H,5-6,9,16H2. The number of nitrogen functional groups attached to an aromatic ring is 1. The molecular formula is C15H16N4O. The van der Waals surface area contributed by atoms with Crippen molar-refractivity contribution in [1.29, 1.82) is 0 Å². The number of hydrogen-bond donors (Lipinski definition) is 1. The van der Waals surface area contributed by atoms with Crippen LogP contribution < -0.4 is 5.73 Å². The van der Waals surface area contributed by atoms with E-state index in [0.717, 1.165) is 24.1 Å². The third-order valence-corrected chi connectivity index (χ3v) is 3.45. The van der Waals surface area contributed by atoms with Crippen LogP contribution in [0.1, 0.15) is 28.8 Å². The van der Waals surface area contributed by atoms with Crippen LogP contribution >= 0.6 is 0 Å². The second-order valence-electron chi connectivity index (χ2n) is 4.99. The number of para-hydroxylation sites is 1. The lowest BCUT2D eigenvalue weighted by Gasteiger charge is -2.23. The molecule has 3 rings (SSSR count). The number of anilines is 1. The lowest BCUT2D eigenvalue weighted by atomic mass is 10.1. The van der Waals surface area contributed by atoms with Crippen LogP contribution in [0.5, 0.6) is 0 Å². The normalized spacial score (nSPS) is 14.0. The van der Waals surface area contributed by atoms with Crippen molar-refractivity contribution in [3.8, 4) is 0 Å². The number of carbonyl (C=O) groups is 1. The van der Waals surface area contributed by atoms with E-state index in [4.69, 9.17) is 5.73 Å². The molecule has 1 fully saturated rings. The van der Waals surface area contributed by atoms with Gasteiger partial charge in [0.1, 0.15) is 6.33 Å². The van der Waals surface area contributed by atoms with Crippen LogP contribution in [0.2, 0.25) is 0 Å². The van der Waals surface area contributed by atoms with Crippen molar-refractivity contribution in [3.05, 3.63) is 54.1 Å². The summed E-state index contributed by atoms with van der Waals surface area (Å²) in [4.78, 5) is 22.2. The number of carbonyl (C=O) groups excluding carboxylic acids is 1. The molecule has 1 amide bonds. The van der Waals surface area contributed by atoms with E-state index >= 15 is 0 Å². The number of hydrogen-bond acceptors (Lipinski definition) is 4. The van der Waals surface area contributed by atoms with Gasteiger partial charge in [-0.25, -0.2) is 9.97 Å². The lowest BCUT2D eigenvalue weighted by Crippen LogP contribution is -2.33. The fourth-order valence-corrected chi connectivity index (χ4v) is 2.19. The van der Waals surface area contributed by atoms with Crippen molar-refractivity contribution < 1.29 is 4.79 Å². The predicted octanol–water partition coefficient (Wildman–Crippen LogP) is 1.86. The maximum Gasteiger partial charge on any atom is 0.257 e. The zero-order valence-electron chi connectivity index (χ0n) is 11.1. The summed E-state index contributed by atoms with van der Waals surface area (Å²) in [7, 11) is 0. The third kappa shape index (κ3) is 2.61. The van der Waals surface area contributed by atoms with Gasteiger partial charge in [0.25, 0.3) is 5.91 Å². The van der Waals surface area contributed by atoms with E-state index in [-0.39, 0.29) is 5.91 Å². The van der Waals surface area contributed by atoms with E-state index < -0.39 is 0 Å². The maximum atomic E-state index is 12.5. The molecule has 0 unspecified atom stereocenters. The highest BCUT2D eigenvalue weighted by Gasteiger charge is 2.33. The second-order valence-corrected chi connectivity index (χ2v) is 4.99. The number of aromatic nitrogens is 2. The highest BCUT2D eigenvalue weighted by Crippen LogP contribution is 2.30. The summed E-state index contributed by atoms with van der Waals surface area (Å²) < 4.78 is 0. The third-order valence-electron chi connectivity index (χ3n) is 3.45. The molecular weight excluding hydrogens is 252 g/mol. The average Bonchev–Trinajstić information content (AvgIpc) is 3.31. The largest absolute Gasteiger partial charge is 0.398 e. The predicted molar refractivity (Wildman–Crippen MR) is 75.8 cm³/mol. The lowest BCUT2D eigenvalue weighted by molar-refractivity contribution is 0.0729. The van der Waals surface area contributed by atoms with Gasteiger partial charge in [-0.2, -0.15) is 0 Å². The molecule has 1 aromatic carbocycles. The molecule has 5 nitrogen and oxygen atoms in total. The Kier molecular flexibility index (Phi) is 3.33. The van der Waals surface area contributed by atoms with Crippen LogP contribution in [0.4, 0.5) is 5.69 Å². The van der Waals surface area contributed by atoms with Crippen LogP contribution in [-0.2, 0) is 6.54 Å². The molecule has 2 aromatic rings. The van der Waals surface area contributed by atoms with Gasteiger partial charge in [-0.05, 0) is 24.5 Å². The van der Waals surface area contributed by atoms with Crippen LogP contribution in [0, 0.1) is 0 Å². The van der Waals surface area contributed by atoms with Gasteiger partial charge in [-0.1, -0.05) is 18.2 Å². The molecule has 0 aliphatic heterocycles. The highest BCUT2D eigenvalue weighted by molar-refractivity contribution is 5.94. The molecule has 0 saturated heterocycles. The molecule has 0 atom stereocenters. The molecule has 1 aliphatic rings. The van der Waals surface area contributed by atoms with Gasteiger partial charge in [0.2, 0.25) is 0 Å². The first-order chi connectivity index (χ1) is 9.75. The number of rotatable bonds is 4. The molecule has 1 aromatic heterocycles. The summed E-state index contributed by atoms with van der Waals surface area (Å²) in [6.07, 6.45) is 6.63. The van der Waals surface area contributed by atoms with Gasteiger partial charge in [0.15, 0.2) is 0 Å². The van der Waals surface area contributed by atoms with Crippen LogP contribution in [0.3, 0.4) is 0 Å². The Bertz CT molecular complexity index is 610. The van der Waals surface area contributed by atoms with E-state index in [0.29, 0.717) is 18.2 Å². The average molecular weight is 268 g/mol. The molecule has 1 aliphatic carbocycles. The van der Waals surface area contributed by atoms with Crippen molar-refractivity contribution in [1.82, 2.24) is 14.9 Å². The number of amides is 1. The van der Waals surface area contributed by atoms with Crippen molar-refractivity contribution >= 4 is 11.6 Å². The van der Waals surface area contributed by atoms with Gasteiger partial charge in [0, 0.05) is 30.7 Å². The van der Waals surface area contributed by atoms with Crippen molar-refractivity contribution in [3.63, 3.8) is 0 Å². The van der Waals surface area contributed by atoms with Gasteiger partial charge >= 0.3 is 0 Å². The minimum absolute atomic E-state index is 0.0312. The summed E-state index contributed by atoms with van der Waals surface area (Å²) in [5.41, 5.74) is 8.18. The zero-order chi connectivity index (χ0) is 13.9. The summed E-state index contributed by atoms with van der Waals surface area (Å²) >= 11 is 0. The molecule has 1 saturated carbocycles. The molecule has 5 heteroatoms. The van der Waals surface area contributed by atoms with E-state index in [1.807, 2.05) is 29.2 Å². The van der Waals surface area contributed by atoms with E-state index in [9.17, 15) is 4.79 Å². The zero-order valence-corrected chi connectivity index (χ0v) is 11.1. The Hall–Kier alpha value is -2.43. The Balaban J connectivity index is 1.83. The molecule has 0 spiro atoms. The Morgan fingerprint density at radius 2 is 1.95 bits per heavy atom. The maximum absolute atomic E-state index is 12.5. The molecule has 0 radical (unpaired) electrons. The quantitative estimate of drug-likeness (QED) is 0.859. The van der Waals surface area contributed by atoms with Crippen LogP contribution in [-0.4, -0.2) is 26.8 Å². The van der Waals surface area contributed by atoms with Crippen molar-refractivity contribution in [2.75, 3.05) is 5.73 Å². The fraction of sp³-hybridized carbons (Fsp3) is 0.267. The van der Waals surface area contributed by atoms with Gasteiger partial charge in [-0.15, -0.1) is 0 Å². The molecule has 102 valence electrons. The summed E-state index contributed by atoms with van der Waals surface area (Å²) in [6, 6.07) is 7.96. The highest BCUT2D eigenvalue weighted by atomic mass is 16.2. The van der Waals surface area contributed by atoms with Gasteiger partial charge < -0.3 is 10.6 Å². The minimum atomic E-state index is -0.0312. The minimum Gasteiger partial charge on any atom is -0.398 e. The second kappa shape index (κ2) is 5.28. The molecule has 1 heterocycles. The number of nitrogens with two attached hydrogens (primary N) is 1. The fourth-order valence-electron chi connectivity index (χ4n) is 2.19. The Morgan fingerprint density at radius 3 is 2.60 bits per heavy atom. The van der Waals surface area contributed by atoms with Gasteiger partial charge in [-0.3, -0.25) is 4.79 Å². The monoisotopic (exact) mass is 268 g/mol. The van der Waals surface area contributed by atoms with Crippen LogP contribution in [0.25, 0.3) is 0 Å². The van der Waals surface area contributed by atoms with Gasteiger partial charge in [0.05, 0.1) is 5.56 Å². The van der Waals surface area contributed by atoms with Crippen molar-refractivity contribution in [2.45, 2.75) is 25.4 Å². The number of benzene rings is 1. The first-order valence-corrected chi connectivity index (χ1v) is 6.65. The molecule has 0 bridgehead atoms. The summed E-state index contributed by atoms with van der Waals surface area (Å²) in [5, 5.41) is 0. The summed E-state index contributed by atoms with van der Waals surface area (Å²) in [5.74, 6) is -0.0312. The first kappa shape index (κ1) is 12.6. The van der Waals surface area contributed by atoms with E-state index in [1.165, 1.54) is 6.33 Å². The van der Waals surface area contributed by atoms with Crippen molar-refractivity contribution in [2.24, 2.45) is 0 Å². The first-order valence-electron chi connectivity index (χ1n) is 6.65. The molecule has 20 heavy (non-hydrogen) atoms. The topological polar surface area (TPSA) is 72.1 Å². The SMILES string of the molecule is Nc1ccccc1CN(C(=O)c1cncnc1)C1CC1. The van der Waals surface area contributed by atoms with Crippen LogP contribution in [0.15, 0.2) is 43.0 Å². The Morgan fingerprint density at radius 1 is 1.25 bits per heavy atom.